The van der Waals surface area contributed by atoms with Crippen molar-refractivity contribution in [3.8, 4) is 11.4 Å². The Kier molecular flexibility index (Phi) is 5.45. The fourth-order valence-electron chi connectivity index (χ4n) is 2.40. The fourth-order valence-corrected chi connectivity index (χ4v) is 3.20. The van der Waals surface area contributed by atoms with Crippen molar-refractivity contribution in [1.29, 1.82) is 0 Å². The lowest BCUT2D eigenvalue weighted by Crippen LogP contribution is -2.16. The lowest BCUT2D eigenvalue weighted by molar-refractivity contribution is -0.113. The van der Waals surface area contributed by atoms with Gasteiger partial charge in [0.25, 0.3) is 0 Å². The largest absolute Gasteiger partial charge is 0.310 e. The van der Waals surface area contributed by atoms with Crippen LogP contribution in [-0.2, 0) is 11.3 Å². The van der Waals surface area contributed by atoms with Gasteiger partial charge in [0.05, 0.1) is 5.75 Å². The Morgan fingerprint density at radius 1 is 1.16 bits per heavy atom. The molecule has 1 amide bonds. The van der Waals surface area contributed by atoms with E-state index in [1.165, 1.54) is 11.8 Å². The standard InChI is InChI=1S/C18H19N5OS/c1-3-23-17(14-9-5-4-6-10-14)21-22-18(23)25-12-15(24)20-16-13(2)8-7-11-19-16/h4-11H,3,12H2,1-2H3,(H,19,20,24). The molecule has 128 valence electrons. The number of nitrogens with zero attached hydrogens (tertiary/aromatic N) is 4. The van der Waals surface area contributed by atoms with E-state index in [0.29, 0.717) is 5.82 Å². The molecule has 0 saturated carbocycles. The van der Waals surface area contributed by atoms with Crippen LogP contribution in [0.3, 0.4) is 0 Å². The summed E-state index contributed by atoms with van der Waals surface area (Å²) >= 11 is 1.37. The molecule has 0 aliphatic heterocycles. The van der Waals surface area contributed by atoms with Crippen molar-refractivity contribution in [3.05, 3.63) is 54.2 Å². The van der Waals surface area contributed by atoms with Crippen LogP contribution in [0.4, 0.5) is 5.82 Å². The van der Waals surface area contributed by atoms with Gasteiger partial charge in [0.15, 0.2) is 11.0 Å². The van der Waals surface area contributed by atoms with Crippen LogP contribution < -0.4 is 5.32 Å². The van der Waals surface area contributed by atoms with Gasteiger partial charge >= 0.3 is 0 Å². The summed E-state index contributed by atoms with van der Waals surface area (Å²) in [7, 11) is 0. The van der Waals surface area contributed by atoms with E-state index < -0.39 is 0 Å². The predicted octanol–water partition coefficient (Wildman–Crippen LogP) is 3.40. The number of benzene rings is 1. The highest BCUT2D eigenvalue weighted by Crippen LogP contribution is 2.24. The molecule has 0 atom stereocenters. The molecular formula is C18H19N5OS. The van der Waals surface area contributed by atoms with E-state index >= 15 is 0 Å². The molecule has 25 heavy (non-hydrogen) atoms. The van der Waals surface area contributed by atoms with E-state index in [2.05, 4.69) is 20.5 Å². The van der Waals surface area contributed by atoms with Crippen LogP contribution in [0.15, 0.2) is 53.8 Å². The first-order valence-corrected chi connectivity index (χ1v) is 9.00. The molecule has 6 nitrogen and oxygen atoms in total. The lowest BCUT2D eigenvalue weighted by Gasteiger charge is -2.08. The highest BCUT2D eigenvalue weighted by atomic mass is 32.2. The molecule has 0 unspecified atom stereocenters. The monoisotopic (exact) mass is 353 g/mol. The van der Waals surface area contributed by atoms with Gasteiger partial charge in [0.1, 0.15) is 5.82 Å². The summed E-state index contributed by atoms with van der Waals surface area (Å²) in [6, 6.07) is 13.7. The Bertz CT molecular complexity index is 863. The fraction of sp³-hybridized carbons (Fsp3) is 0.222. The summed E-state index contributed by atoms with van der Waals surface area (Å²) in [4.78, 5) is 16.4. The minimum atomic E-state index is -0.112. The second-order valence-electron chi connectivity index (χ2n) is 5.42. The normalized spacial score (nSPS) is 10.6. The van der Waals surface area contributed by atoms with Crippen molar-refractivity contribution >= 4 is 23.5 Å². The van der Waals surface area contributed by atoms with Crippen molar-refractivity contribution in [3.63, 3.8) is 0 Å². The number of pyridine rings is 1. The van der Waals surface area contributed by atoms with Crippen LogP contribution in [0.25, 0.3) is 11.4 Å². The van der Waals surface area contributed by atoms with E-state index in [0.717, 1.165) is 28.7 Å². The average Bonchev–Trinajstić information content (AvgIpc) is 3.05. The molecule has 3 rings (SSSR count). The van der Waals surface area contributed by atoms with E-state index in [4.69, 9.17) is 0 Å². The summed E-state index contributed by atoms with van der Waals surface area (Å²) in [5.41, 5.74) is 1.95. The van der Waals surface area contributed by atoms with Gasteiger partial charge in [-0.15, -0.1) is 10.2 Å². The lowest BCUT2D eigenvalue weighted by atomic mass is 10.2. The molecule has 2 heterocycles. The third kappa shape index (κ3) is 4.06. The number of rotatable bonds is 6. The molecule has 0 aliphatic carbocycles. The van der Waals surface area contributed by atoms with Crippen LogP contribution in [0.5, 0.6) is 0 Å². The number of amides is 1. The number of nitrogens with one attached hydrogen (secondary N) is 1. The summed E-state index contributed by atoms with van der Waals surface area (Å²) < 4.78 is 2.01. The summed E-state index contributed by atoms with van der Waals surface area (Å²) in [5, 5.41) is 12.1. The maximum absolute atomic E-state index is 12.2. The Morgan fingerprint density at radius 2 is 1.96 bits per heavy atom. The summed E-state index contributed by atoms with van der Waals surface area (Å²) in [6.07, 6.45) is 1.66. The van der Waals surface area contributed by atoms with Gasteiger partial charge in [0.2, 0.25) is 5.91 Å². The quantitative estimate of drug-likeness (QED) is 0.688. The zero-order valence-electron chi connectivity index (χ0n) is 14.1. The van der Waals surface area contributed by atoms with Crippen molar-refractivity contribution < 1.29 is 4.79 Å². The van der Waals surface area contributed by atoms with Gasteiger partial charge in [-0.25, -0.2) is 4.98 Å². The number of anilines is 1. The molecule has 0 radical (unpaired) electrons. The van der Waals surface area contributed by atoms with Crippen molar-refractivity contribution in [2.45, 2.75) is 25.5 Å². The topological polar surface area (TPSA) is 72.7 Å². The first-order valence-electron chi connectivity index (χ1n) is 8.02. The number of carbonyl (C=O) groups is 1. The van der Waals surface area contributed by atoms with Crippen molar-refractivity contribution in [1.82, 2.24) is 19.7 Å². The zero-order chi connectivity index (χ0) is 17.6. The van der Waals surface area contributed by atoms with Gasteiger partial charge in [-0.3, -0.25) is 4.79 Å². The molecule has 7 heteroatoms. The molecule has 2 aromatic heterocycles. The molecule has 1 aromatic carbocycles. The number of aromatic nitrogens is 4. The molecule has 0 saturated heterocycles. The minimum Gasteiger partial charge on any atom is -0.310 e. The van der Waals surface area contributed by atoms with Crippen LogP contribution in [0, 0.1) is 6.92 Å². The summed E-state index contributed by atoms with van der Waals surface area (Å²) in [6.45, 7) is 4.69. The zero-order valence-corrected chi connectivity index (χ0v) is 15.0. The Balaban J connectivity index is 1.68. The molecule has 0 bridgehead atoms. The highest BCUT2D eigenvalue weighted by molar-refractivity contribution is 7.99. The van der Waals surface area contributed by atoms with Gasteiger partial charge in [-0.1, -0.05) is 48.2 Å². The third-order valence-electron chi connectivity index (χ3n) is 3.66. The smallest absolute Gasteiger partial charge is 0.236 e. The Morgan fingerprint density at radius 3 is 2.68 bits per heavy atom. The van der Waals surface area contributed by atoms with E-state index in [-0.39, 0.29) is 11.7 Å². The Hall–Kier alpha value is -2.67. The van der Waals surface area contributed by atoms with Crippen molar-refractivity contribution in [2.75, 3.05) is 11.1 Å². The first-order chi connectivity index (χ1) is 12.2. The first kappa shape index (κ1) is 17.2. The average molecular weight is 353 g/mol. The maximum Gasteiger partial charge on any atom is 0.236 e. The minimum absolute atomic E-state index is 0.112. The second kappa shape index (κ2) is 7.94. The second-order valence-corrected chi connectivity index (χ2v) is 6.36. The highest BCUT2D eigenvalue weighted by Gasteiger charge is 2.14. The molecule has 0 spiro atoms. The SMILES string of the molecule is CCn1c(SCC(=O)Nc2ncccc2C)nnc1-c1ccccc1. The number of carbonyl (C=O) groups excluding carboxylic acids is 1. The van der Waals surface area contributed by atoms with Crippen LogP contribution >= 0.6 is 11.8 Å². The van der Waals surface area contributed by atoms with Crippen molar-refractivity contribution in [2.24, 2.45) is 0 Å². The van der Waals surface area contributed by atoms with E-state index in [1.807, 2.05) is 60.9 Å². The number of hydrogen-bond donors (Lipinski definition) is 1. The molecule has 0 aliphatic rings. The van der Waals surface area contributed by atoms with Gasteiger partial charge in [-0.05, 0) is 25.5 Å². The number of aryl methyl sites for hydroxylation is 1. The molecule has 3 aromatic rings. The maximum atomic E-state index is 12.2. The predicted molar refractivity (Wildman–Crippen MR) is 99.5 cm³/mol. The third-order valence-corrected chi connectivity index (χ3v) is 4.63. The van der Waals surface area contributed by atoms with Gasteiger partial charge < -0.3 is 9.88 Å². The van der Waals surface area contributed by atoms with Crippen LogP contribution in [-0.4, -0.2) is 31.4 Å². The van der Waals surface area contributed by atoms with Gasteiger partial charge in [-0.2, -0.15) is 0 Å². The molecule has 0 fully saturated rings. The molecular weight excluding hydrogens is 334 g/mol. The van der Waals surface area contributed by atoms with Crippen LogP contribution in [0.1, 0.15) is 12.5 Å². The molecule has 1 N–H and O–H groups in total. The van der Waals surface area contributed by atoms with Crippen LogP contribution in [0.2, 0.25) is 0 Å². The Labute approximate surface area is 150 Å². The summed E-state index contributed by atoms with van der Waals surface area (Å²) in [5.74, 6) is 1.54. The number of thioether (sulfide) groups is 1. The van der Waals surface area contributed by atoms with E-state index in [1.54, 1.807) is 6.20 Å². The van der Waals surface area contributed by atoms with E-state index in [9.17, 15) is 4.79 Å². The number of hydrogen-bond acceptors (Lipinski definition) is 5. The van der Waals surface area contributed by atoms with Gasteiger partial charge in [0, 0.05) is 18.3 Å².